The van der Waals surface area contributed by atoms with Crippen molar-refractivity contribution < 1.29 is 0 Å². The van der Waals surface area contributed by atoms with Crippen molar-refractivity contribution in [1.29, 1.82) is 0 Å². The lowest BCUT2D eigenvalue weighted by Gasteiger charge is -2.15. The van der Waals surface area contributed by atoms with Gasteiger partial charge < -0.3 is 5.32 Å². The van der Waals surface area contributed by atoms with Gasteiger partial charge in [0.1, 0.15) is 0 Å². The summed E-state index contributed by atoms with van der Waals surface area (Å²) in [5.74, 6) is 0.568. The van der Waals surface area contributed by atoms with Gasteiger partial charge in [0.15, 0.2) is 0 Å². The summed E-state index contributed by atoms with van der Waals surface area (Å²) in [6.45, 7) is 4.41. The van der Waals surface area contributed by atoms with Crippen LogP contribution in [0.5, 0.6) is 0 Å². The standard InChI is InChI=1S/C13H17N3S/c1-9(2)10-4-6-11(7-5-10)13(14-3)12-8-17-16-15-12/h4-9,13-14H,1-3H3. The zero-order valence-corrected chi connectivity index (χ0v) is 11.2. The van der Waals surface area contributed by atoms with Crippen molar-refractivity contribution in [1.82, 2.24) is 14.9 Å². The Bertz CT molecular complexity index is 448. The second kappa shape index (κ2) is 5.38. The molecule has 0 bridgehead atoms. The van der Waals surface area contributed by atoms with Gasteiger partial charge in [-0.05, 0) is 35.6 Å². The van der Waals surface area contributed by atoms with Crippen LogP contribution in [0.25, 0.3) is 0 Å². The van der Waals surface area contributed by atoms with Crippen LogP contribution >= 0.6 is 11.5 Å². The van der Waals surface area contributed by atoms with E-state index in [2.05, 4.69) is 53.0 Å². The Morgan fingerprint density at radius 3 is 2.24 bits per heavy atom. The predicted octanol–water partition coefficient (Wildman–Crippen LogP) is 2.97. The zero-order chi connectivity index (χ0) is 12.3. The molecule has 0 aliphatic rings. The molecular formula is C13H17N3S. The van der Waals surface area contributed by atoms with Crippen molar-refractivity contribution in [3.63, 3.8) is 0 Å². The van der Waals surface area contributed by atoms with Gasteiger partial charge in [-0.2, -0.15) is 0 Å². The number of aromatic nitrogens is 2. The lowest BCUT2D eigenvalue weighted by Crippen LogP contribution is -2.18. The molecule has 90 valence electrons. The van der Waals surface area contributed by atoms with E-state index in [4.69, 9.17) is 0 Å². The minimum absolute atomic E-state index is 0.134. The smallest absolute Gasteiger partial charge is 0.0970 e. The molecule has 0 spiro atoms. The van der Waals surface area contributed by atoms with Gasteiger partial charge in [0.2, 0.25) is 0 Å². The van der Waals surface area contributed by atoms with Crippen LogP contribution in [0.15, 0.2) is 29.6 Å². The molecule has 0 aliphatic carbocycles. The van der Waals surface area contributed by atoms with Crippen LogP contribution in [0.3, 0.4) is 0 Å². The number of benzene rings is 1. The van der Waals surface area contributed by atoms with Gasteiger partial charge in [0.05, 0.1) is 11.7 Å². The van der Waals surface area contributed by atoms with Gasteiger partial charge in [0.25, 0.3) is 0 Å². The summed E-state index contributed by atoms with van der Waals surface area (Å²) in [7, 11) is 1.94. The van der Waals surface area contributed by atoms with E-state index in [1.165, 1.54) is 22.7 Å². The van der Waals surface area contributed by atoms with Gasteiger partial charge >= 0.3 is 0 Å². The molecule has 2 rings (SSSR count). The third-order valence-electron chi connectivity index (χ3n) is 2.90. The number of rotatable bonds is 4. The first-order valence-electron chi connectivity index (χ1n) is 5.76. The van der Waals surface area contributed by atoms with Crippen LogP contribution in [0.2, 0.25) is 0 Å². The maximum absolute atomic E-state index is 4.13. The molecule has 0 amide bonds. The molecule has 2 aromatic rings. The van der Waals surface area contributed by atoms with E-state index in [1.807, 2.05) is 12.4 Å². The Labute approximate surface area is 106 Å². The van der Waals surface area contributed by atoms with Crippen LogP contribution in [-0.4, -0.2) is 16.6 Å². The number of nitrogens with zero attached hydrogens (tertiary/aromatic N) is 2. The largest absolute Gasteiger partial charge is 0.308 e. The molecule has 0 fully saturated rings. The van der Waals surface area contributed by atoms with E-state index < -0.39 is 0 Å². The third kappa shape index (κ3) is 2.70. The molecule has 4 heteroatoms. The molecule has 1 heterocycles. The van der Waals surface area contributed by atoms with Crippen molar-refractivity contribution in [3.05, 3.63) is 46.5 Å². The van der Waals surface area contributed by atoms with Crippen molar-refractivity contribution in [2.45, 2.75) is 25.8 Å². The highest BCUT2D eigenvalue weighted by Gasteiger charge is 2.14. The Kier molecular flexibility index (Phi) is 3.86. The zero-order valence-electron chi connectivity index (χ0n) is 10.3. The van der Waals surface area contributed by atoms with Gasteiger partial charge in [-0.1, -0.05) is 42.6 Å². The minimum Gasteiger partial charge on any atom is -0.308 e. The minimum atomic E-state index is 0.134. The van der Waals surface area contributed by atoms with E-state index >= 15 is 0 Å². The Morgan fingerprint density at radius 2 is 1.76 bits per heavy atom. The summed E-state index contributed by atoms with van der Waals surface area (Å²) >= 11 is 1.38. The summed E-state index contributed by atoms with van der Waals surface area (Å²) < 4.78 is 3.91. The van der Waals surface area contributed by atoms with Gasteiger partial charge in [-0.25, -0.2) is 0 Å². The van der Waals surface area contributed by atoms with Crippen LogP contribution < -0.4 is 5.32 Å². The van der Waals surface area contributed by atoms with E-state index in [0.717, 1.165) is 5.69 Å². The number of nitrogens with one attached hydrogen (secondary N) is 1. The van der Waals surface area contributed by atoms with Crippen molar-refractivity contribution in [3.8, 4) is 0 Å². The first kappa shape index (κ1) is 12.2. The van der Waals surface area contributed by atoms with Crippen LogP contribution in [0.4, 0.5) is 0 Å². The average Bonchev–Trinajstić information content (AvgIpc) is 2.84. The van der Waals surface area contributed by atoms with E-state index in [-0.39, 0.29) is 6.04 Å². The fourth-order valence-corrected chi connectivity index (χ4v) is 2.34. The summed E-state index contributed by atoms with van der Waals surface area (Å²) in [5.41, 5.74) is 3.57. The predicted molar refractivity (Wildman–Crippen MR) is 71.3 cm³/mol. The summed E-state index contributed by atoms with van der Waals surface area (Å²) in [4.78, 5) is 0. The maximum Gasteiger partial charge on any atom is 0.0970 e. The maximum atomic E-state index is 4.13. The topological polar surface area (TPSA) is 37.8 Å². The first-order chi connectivity index (χ1) is 8.22. The lowest BCUT2D eigenvalue weighted by molar-refractivity contribution is 0.667. The fourth-order valence-electron chi connectivity index (χ4n) is 1.86. The van der Waals surface area contributed by atoms with Gasteiger partial charge in [-0.15, -0.1) is 5.10 Å². The second-order valence-corrected chi connectivity index (χ2v) is 4.98. The van der Waals surface area contributed by atoms with Crippen molar-refractivity contribution >= 4 is 11.5 Å². The van der Waals surface area contributed by atoms with Crippen molar-refractivity contribution in [2.75, 3.05) is 7.05 Å². The second-order valence-electron chi connectivity index (χ2n) is 4.37. The average molecular weight is 247 g/mol. The highest BCUT2D eigenvalue weighted by molar-refractivity contribution is 7.03. The Morgan fingerprint density at radius 1 is 1.12 bits per heavy atom. The molecule has 1 unspecified atom stereocenters. The molecule has 3 nitrogen and oxygen atoms in total. The lowest BCUT2D eigenvalue weighted by atomic mass is 9.98. The van der Waals surface area contributed by atoms with Crippen LogP contribution in [0.1, 0.15) is 42.6 Å². The Balaban J connectivity index is 2.26. The Hall–Kier alpha value is -1.26. The number of hydrogen-bond acceptors (Lipinski definition) is 4. The van der Waals surface area contributed by atoms with Gasteiger partial charge in [0, 0.05) is 5.38 Å². The molecule has 1 aromatic carbocycles. The third-order valence-corrected chi connectivity index (χ3v) is 3.42. The van der Waals surface area contributed by atoms with Crippen molar-refractivity contribution in [2.24, 2.45) is 0 Å². The normalized spacial score (nSPS) is 12.9. The summed E-state index contributed by atoms with van der Waals surface area (Å²) in [6, 6.07) is 8.83. The van der Waals surface area contributed by atoms with E-state index in [1.54, 1.807) is 0 Å². The van der Waals surface area contributed by atoms with E-state index in [9.17, 15) is 0 Å². The molecule has 0 saturated carbocycles. The fraction of sp³-hybridized carbons (Fsp3) is 0.385. The number of hydrogen-bond donors (Lipinski definition) is 1. The SMILES string of the molecule is CNC(c1ccc(C(C)C)cc1)c1csnn1. The van der Waals surface area contributed by atoms with Crippen LogP contribution in [-0.2, 0) is 0 Å². The van der Waals surface area contributed by atoms with Gasteiger partial charge in [-0.3, -0.25) is 0 Å². The molecule has 0 saturated heterocycles. The molecular weight excluding hydrogens is 230 g/mol. The molecule has 1 N–H and O–H groups in total. The molecule has 0 radical (unpaired) electrons. The molecule has 1 atom stereocenters. The highest BCUT2D eigenvalue weighted by atomic mass is 32.1. The quantitative estimate of drug-likeness (QED) is 0.902. The summed E-state index contributed by atoms with van der Waals surface area (Å²) in [6.07, 6.45) is 0. The monoisotopic (exact) mass is 247 g/mol. The van der Waals surface area contributed by atoms with Crippen LogP contribution in [0, 0.1) is 0 Å². The first-order valence-corrected chi connectivity index (χ1v) is 6.60. The molecule has 0 aliphatic heterocycles. The van der Waals surface area contributed by atoms with E-state index in [0.29, 0.717) is 5.92 Å². The highest BCUT2D eigenvalue weighted by Crippen LogP contribution is 2.23. The summed E-state index contributed by atoms with van der Waals surface area (Å²) in [5, 5.41) is 9.38. The molecule has 17 heavy (non-hydrogen) atoms. The molecule has 1 aromatic heterocycles.